The zero-order valence-corrected chi connectivity index (χ0v) is 13.7. The minimum absolute atomic E-state index is 0.492. The molecule has 1 rings (SSSR count). The lowest BCUT2D eigenvalue weighted by Crippen LogP contribution is -2.23. The smallest absolute Gasteiger partial charge is 0.0322 e. The Balaban J connectivity index is 2.85. The number of halogens is 1. The van der Waals surface area contributed by atoms with Gasteiger partial charge in [0, 0.05) is 10.5 Å². The van der Waals surface area contributed by atoms with E-state index in [0.29, 0.717) is 6.04 Å². The largest absolute Gasteiger partial charge is 0.310 e. The van der Waals surface area contributed by atoms with E-state index in [1.165, 1.54) is 34.9 Å². The molecule has 0 spiro atoms. The van der Waals surface area contributed by atoms with Gasteiger partial charge >= 0.3 is 0 Å². The molecule has 1 N–H and O–H groups in total. The fourth-order valence-electron chi connectivity index (χ4n) is 2.42. The van der Waals surface area contributed by atoms with E-state index < -0.39 is 0 Å². The van der Waals surface area contributed by atoms with Gasteiger partial charge in [0.1, 0.15) is 0 Å². The van der Waals surface area contributed by atoms with Gasteiger partial charge in [-0.25, -0.2) is 0 Å². The monoisotopic (exact) mass is 311 g/mol. The van der Waals surface area contributed by atoms with E-state index in [-0.39, 0.29) is 0 Å². The van der Waals surface area contributed by atoms with E-state index in [1.54, 1.807) is 0 Å². The van der Waals surface area contributed by atoms with Crippen molar-refractivity contribution >= 4 is 15.9 Å². The molecule has 0 heterocycles. The molecule has 0 bridgehead atoms. The highest BCUT2D eigenvalue weighted by Gasteiger charge is 2.15. The van der Waals surface area contributed by atoms with Crippen LogP contribution in [0.2, 0.25) is 0 Å². The van der Waals surface area contributed by atoms with Crippen molar-refractivity contribution in [1.29, 1.82) is 0 Å². The molecule has 0 aliphatic heterocycles. The highest BCUT2D eigenvalue weighted by Crippen LogP contribution is 2.27. The van der Waals surface area contributed by atoms with Crippen molar-refractivity contribution in [3.63, 3.8) is 0 Å². The molecule has 2 heteroatoms. The average Bonchev–Trinajstić information content (AvgIpc) is 2.38. The first kappa shape index (κ1) is 15.7. The molecule has 0 saturated carbocycles. The summed E-state index contributed by atoms with van der Waals surface area (Å²) in [5.74, 6) is 0.818. The molecular weight excluding hydrogens is 286 g/mol. The van der Waals surface area contributed by atoms with Gasteiger partial charge < -0.3 is 5.32 Å². The van der Waals surface area contributed by atoms with Gasteiger partial charge in [-0.3, -0.25) is 0 Å². The summed E-state index contributed by atoms with van der Waals surface area (Å²) in [4.78, 5) is 0. The van der Waals surface area contributed by atoms with Crippen LogP contribution in [0, 0.1) is 12.8 Å². The van der Waals surface area contributed by atoms with Crippen molar-refractivity contribution in [2.75, 3.05) is 6.54 Å². The Morgan fingerprint density at radius 2 is 1.83 bits per heavy atom. The van der Waals surface area contributed by atoms with Crippen LogP contribution < -0.4 is 5.32 Å². The van der Waals surface area contributed by atoms with Crippen LogP contribution in [-0.4, -0.2) is 6.54 Å². The van der Waals surface area contributed by atoms with E-state index in [2.05, 4.69) is 67.1 Å². The van der Waals surface area contributed by atoms with Crippen LogP contribution in [0.15, 0.2) is 22.7 Å². The molecule has 0 saturated heterocycles. The summed E-state index contributed by atoms with van der Waals surface area (Å²) in [6, 6.07) is 7.21. The summed E-state index contributed by atoms with van der Waals surface area (Å²) in [6.07, 6.45) is 3.78. The Morgan fingerprint density at radius 3 is 2.33 bits per heavy atom. The van der Waals surface area contributed by atoms with Gasteiger partial charge in [0.05, 0.1) is 0 Å². The van der Waals surface area contributed by atoms with Crippen LogP contribution in [0.25, 0.3) is 0 Å². The van der Waals surface area contributed by atoms with E-state index in [9.17, 15) is 0 Å². The normalized spacial score (nSPS) is 13.0. The van der Waals surface area contributed by atoms with Gasteiger partial charge in [-0.05, 0) is 43.0 Å². The lowest BCUT2D eigenvalue weighted by atomic mass is 9.90. The zero-order chi connectivity index (χ0) is 13.5. The van der Waals surface area contributed by atoms with E-state index >= 15 is 0 Å². The highest BCUT2D eigenvalue weighted by molar-refractivity contribution is 9.10. The molecule has 1 nitrogen and oxygen atoms in total. The second-order valence-electron chi connectivity index (χ2n) is 5.04. The number of aryl methyl sites for hydroxylation is 1. The van der Waals surface area contributed by atoms with Crippen molar-refractivity contribution in [1.82, 2.24) is 5.32 Å². The molecule has 102 valence electrons. The minimum atomic E-state index is 0.492. The van der Waals surface area contributed by atoms with Gasteiger partial charge in [-0.1, -0.05) is 61.7 Å². The molecule has 0 fully saturated rings. The van der Waals surface area contributed by atoms with Crippen LogP contribution in [0.1, 0.15) is 57.2 Å². The number of nitrogens with one attached hydrogen (secondary N) is 1. The molecule has 0 amide bonds. The Kier molecular flexibility index (Phi) is 6.95. The van der Waals surface area contributed by atoms with Crippen molar-refractivity contribution in [3.05, 3.63) is 33.8 Å². The quantitative estimate of drug-likeness (QED) is 0.726. The molecule has 1 unspecified atom stereocenters. The van der Waals surface area contributed by atoms with Gasteiger partial charge in [-0.15, -0.1) is 0 Å². The lowest BCUT2D eigenvalue weighted by molar-refractivity contribution is 0.375. The third kappa shape index (κ3) is 4.40. The summed E-state index contributed by atoms with van der Waals surface area (Å²) in [5.41, 5.74) is 2.74. The number of rotatable bonds is 7. The first-order chi connectivity index (χ1) is 8.62. The lowest BCUT2D eigenvalue weighted by Gasteiger charge is -2.23. The first-order valence-corrected chi connectivity index (χ1v) is 7.91. The van der Waals surface area contributed by atoms with E-state index in [4.69, 9.17) is 0 Å². The van der Waals surface area contributed by atoms with Crippen LogP contribution in [0.5, 0.6) is 0 Å². The van der Waals surface area contributed by atoms with E-state index in [0.717, 1.165) is 12.5 Å². The number of hydrogen-bond acceptors (Lipinski definition) is 1. The average molecular weight is 312 g/mol. The van der Waals surface area contributed by atoms with Crippen LogP contribution >= 0.6 is 15.9 Å². The summed E-state index contributed by atoms with van der Waals surface area (Å²) in [6.45, 7) is 9.97. The Labute approximate surface area is 120 Å². The maximum Gasteiger partial charge on any atom is 0.0322 e. The van der Waals surface area contributed by atoms with Gasteiger partial charge in [0.15, 0.2) is 0 Å². The highest BCUT2D eigenvalue weighted by atomic mass is 79.9. The van der Waals surface area contributed by atoms with Crippen LogP contribution in [0.4, 0.5) is 0 Å². The standard InChI is InChI=1S/C16H26BrN/c1-5-13(6-2)11-16(18-7-3)14-8-9-15(17)12(4)10-14/h8-10,13,16,18H,5-7,11H2,1-4H3. The van der Waals surface area contributed by atoms with Crippen LogP contribution in [0.3, 0.4) is 0 Å². The first-order valence-electron chi connectivity index (χ1n) is 7.11. The molecule has 0 radical (unpaired) electrons. The van der Waals surface area contributed by atoms with Crippen molar-refractivity contribution < 1.29 is 0 Å². The fraction of sp³-hybridized carbons (Fsp3) is 0.625. The topological polar surface area (TPSA) is 12.0 Å². The van der Waals surface area contributed by atoms with Gasteiger partial charge in [0.25, 0.3) is 0 Å². The summed E-state index contributed by atoms with van der Waals surface area (Å²) in [5, 5.41) is 3.63. The fourth-order valence-corrected chi connectivity index (χ4v) is 2.67. The third-order valence-corrected chi connectivity index (χ3v) is 4.65. The van der Waals surface area contributed by atoms with Gasteiger partial charge in [-0.2, -0.15) is 0 Å². The summed E-state index contributed by atoms with van der Waals surface area (Å²) >= 11 is 3.58. The van der Waals surface area contributed by atoms with E-state index in [1.807, 2.05) is 0 Å². The minimum Gasteiger partial charge on any atom is -0.310 e. The second-order valence-corrected chi connectivity index (χ2v) is 5.89. The molecule has 1 aromatic carbocycles. The molecule has 0 aliphatic rings. The number of hydrogen-bond donors (Lipinski definition) is 1. The summed E-state index contributed by atoms with van der Waals surface area (Å²) < 4.78 is 1.20. The van der Waals surface area contributed by atoms with Crippen molar-refractivity contribution in [2.45, 2.75) is 53.0 Å². The van der Waals surface area contributed by atoms with Crippen molar-refractivity contribution in [3.8, 4) is 0 Å². The predicted octanol–water partition coefficient (Wildman–Crippen LogP) is 5.23. The molecule has 0 aliphatic carbocycles. The molecule has 18 heavy (non-hydrogen) atoms. The predicted molar refractivity (Wildman–Crippen MR) is 84.0 cm³/mol. The Morgan fingerprint density at radius 1 is 1.17 bits per heavy atom. The molecule has 1 atom stereocenters. The van der Waals surface area contributed by atoms with Crippen LogP contribution in [-0.2, 0) is 0 Å². The summed E-state index contributed by atoms with van der Waals surface area (Å²) in [7, 11) is 0. The maximum atomic E-state index is 3.63. The molecular formula is C16H26BrN. The number of benzene rings is 1. The Bertz CT molecular complexity index is 358. The molecule has 1 aromatic rings. The third-order valence-electron chi connectivity index (χ3n) is 3.76. The molecule has 0 aromatic heterocycles. The van der Waals surface area contributed by atoms with Gasteiger partial charge in [0.2, 0.25) is 0 Å². The zero-order valence-electron chi connectivity index (χ0n) is 12.1. The SMILES string of the molecule is CCNC(CC(CC)CC)c1ccc(Br)c(C)c1. The maximum absolute atomic E-state index is 3.63. The second kappa shape index (κ2) is 7.96. The Hall–Kier alpha value is -0.340. The van der Waals surface area contributed by atoms with Crippen molar-refractivity contribution in [2.24, 2.45) is 5.92 Å².